The minimum Gasteiger partial charge on any atom is -0.400 e. The van der Waals surface area contributed by atoms with Crippen molar-refractivity contribution < 1.29 is 4.79 Å². The van der Waals surface area contributed by atoms with Crippen molar-refractivity contribution in [3.05, 3.63) is 91.9 Å². The number of halogens is 2. The first-order chi connectivity index (χ1) is 18.5. The van der Waals surface area contributed by atoms with Crippen LogP contribution in [-0.2, 0) is 0 Å². The van der Waals surface area contributed by atoms with Crippen molar-refractivity contribution in [2.24, 2.45) is 27.9 Å². The van der Waals surface area contributed by atoms with Gasteiger partial charge >= 0.3 is 0 Å². The number of hydrogen-bond acceptors (Lipinski definition) is 8. The van der Waals surface area contributed by atoms with Gasteiger partial charge < -0.3 is 28.3 Å². The molecule has 0 spiro atoms. The molecule has 0 aliphatic heterocycles. The second-order valence-electron chi connectivity index (χ2n) is 8.50. The molecule has 202 valence electrons. The number of nitrogens with two attached hydrogens (primary N) is 4. The summed E-state index contributed by atoms with van der Waals surface area (Å²) < 4.78 is 1.35. The largest absolute Gasteiger partial charge is 0.400 e. The number of aliphatic imine (C=N–C) groups is 1. The maximum absolute atomic E-state index is 13.9. The van der Waals surface area contributed by atoms with Gasteiger partial charge in [-0.25, -0.2) is 9.98 Å². The predicted octanol–water partition coefficient (Wildman–Crippen LogP) is 2.75. The Morgan fingerprint density at radius 2 is 1.90 bits per heavy atom. The Balaban J connectivity index is 2.25. The van der Waals surface area contributed by atoms with E-state index in [-0.39, 0.29) is 61.8 Å². The van der Waals surface area contributed by atoms with Gasteiger partial charge in [0.1, 0.15) is 29.1 Å². The van der Waals surface area contributed by atoms with E-state index >= 15 is 0 Å². The van der Waals surface area contributed by atoms with Crippen molar-refractivity contribution in [2.45, 2.75) is 25.8 Å². The number of hydrogen-bond donors (Lipinski definition) is 5. The molecule has 0 unspecified atom stereocenters. The Bertz CT molecular complexity index is 1620. The third kappa shape index (κ3) is 6.38. The molecule has 0 saturated carbocycles. The minimum atomic E-state index is -0.661. The molecule has 13 heteroatoms. The van der Waals surface area contributed by atoms with E-state index in [9.17, 15) is 14.9 Å². The van der Waals surface area contributed by atoms with Gasteiger partial charge in [0.25, 0.3) is 5.56 Å². The zero-order valence-electron chi connectivity index (χ0n) is 21.0. The highest BCUT2D eigenvalue weighted by Crippen LogP contribution is 2.29. The van der Waals surface area contributed by atoms with E-state index in [4.69, 9.17) is 51.1 Å². The molecular formula is C26H27Cl2N9O2. The molecule has 11 nitrogen and oxygen atoms in total. The molecule has 9 N–H and O–H groups in total. The first-order valence-corrected chi connectivity index (χ1v) is 12.5. The number of carbonyl (C=O) groups is 1. The van der Waals surface area contributed by atoms with Gasteiger partial charge in [-0.1, -0.05) is 49.2 Å². The van der Waals surface area contributed by atoms with E-state index in [0.717, 1.165) is 0 Å². The maximum Gasteiger partial charge on any atom is 0.267 e. The first kappa shape index (κ1) is 29.2. The number of amidine groups is 1. The number of rotatable bonds is 10. The number of nitriles is 1. The van der Waals surface area contributed by atoms with Gasteiger partial charge in [-0.2, -0.15) is 5.26 Å². The number of nitrogens with one attached hydrogen (secondary N) is 1. The normalized spacial score (nSPS) is 13.0. The van der Waals surface area contributed by atoms with Crippen LogP contribution in [0.1, 0.15) is 42.0 Å². The number of carbonyl (C=O) groups excluding carboxylic acids is 1. The van der Waals surface area contributed by atoms with Crippen molar-refractivity contribution in [3.8, 4) is 11.8 Å². The lowest BCUT2D eigenvalue weighted by atomic mass is 10.1. The van der Waals surface area contributed by atoms with Crippen molar-refractivity contribution >= 4 is 45.8 Å². The summed E-state index contributed by atoms with van der Waals surface area (Å²) in [4.78, 5) is 34.3. The molecule has 1 atom stereocenters. The van der Waals surface area contributed by atoms with Crippen LogP contribution in [0.25, 0.3) is 16.6 Å². The molecule has 3 rings (SSSR count). The van der Waals surface area contributed by atoms with E-state index in [1.54, 1.807) is 18.2 Å². The Hall–Kier alpha value is -4.37. The van der Waals surface area contributed by atoms with E-state index in [1.165, 1.54) is 22.8 Å². The van der Waals surface area contributed by atoms with Crippen molar-refractivity contribution in [3.63, 3.8) is 0 Å². The highest BCUT2D eigenvalue weighted by Gasteiger charge is 2.24. The van der Waals surface area contributed by atoms with Crippen LogP contribution < -0.4 is 33.8 Å². The average molecular weight is 568 g/mol. The Morgan fingerprint density at radius 3 is 2.51 bits per heavy atom. The SMILES string of the molecule is C=C(N)N=C(N)/C(C#N)=C(\N)CN[C@@H](CCC)c1nc2c(Cl)ccc(Cl)c2c(=O)n1-c1cccc(C(N)=O)c1. The number of nitrogens with zero attached hydrogens (tertiary/aromatic N) is 4. The molecule has 3 aromatic rings. The summed E-state index contributed by atoms with van der Waals surface area (Å²) in [6, 6.07) is 10.7. The van der Waals surface area contributed by atoms with Crippen LogP contribution in [0.15, 0.2) is 69.9 Å². The molecule has 0 radical (unpaired) electrons. The molecule has 1 heterocycles. The fourth-order valence-electron chi connectivity index (χ4n) is 3.95. The van der Waals surface area contributed by atoms with Gasteiger partial charge in [0.15, 0.2) is 0 Å². The molecule has 0 aliphatic rings. The summed E-state index contributed by atoms with van der Waals surface area (Å²) in [7, 11) is 0. The fraction of sp³-hybridized carbons (Fsp3) is 0.192. The van der Waals surface area contributed by atoms with Gasteiger partial charge in [-0.3, -0.25) is 14.2 Å². The molecule has 1 amide bonds. The number of primary amides is 1. The first-order valence-electron chi connectivity index (χ1n) is 11.7. The second-order valence-corrected chi connectivity index (χ2v) is 9.31. The smallest absolute Gasteiger partial charge is 0.267 e. The monoisotopic (exact) mass is 567 g/mol. The third-order valence-electron chi connectivity index (χ3n) is 5.72. The standard InChI is InChI=1S/C26H27Cl2N9O2/c1-3-5-20(34-12-19(31)16(11-29)23(32)35-13(2)30)25-36-22-18(28)9-8-17(27)21(22)26(39)37(25)15-7-4-6-14(10-15)24(33)38/h4,6-10,20,34H,2-3,5,12,30-31H2,1H3,(H2,32,35)(H2,33,38)/b19-16-/t20-/m0/s1. The highest BCUT2D eigenvalue weighted by molar-refractivity contribution is 6.39. The molecule has 0 bridgehead atoms. The fourth-order valence-corrected chi connectivity index (χ4v) is 4.39. The van der Waals surface area contributed by atoms with Crippen LogP contribution in [0.5, 0.6) is 0 Å². The van der Waals surface area contributed by atoms with E-state index in [0.29, 0.717) is 18.5 Å². The number of fused-ring (bicyclic) bond motifs is 1. The van der Waals surface area contributed by atoms with Crippen LogP contribution in [0.2, 0.25) is 10.0 Å². The van der Waals surface area contributed by atoms with Crippen LogP contribution >= 0.6 is 23.2 Å². The molecule has 1 aromatic heterocycles. The Morgan fingerprint density at radius 1 is 1.21 bits per heavy atom. The van der Waals surface area contributed by atoms with Gasteiger partial charge in [0, 0.05) is 17.8 Å². The van der Waals surface area contributed by atoms with Crippen LogP contribution in [0.4, 0.5) is 0 Å². The maximum atomic E-state index is 13.9. The zero-order chi connectivity index (χ0) is 28.9. The number of benzene rings is 2. The summed E-state index contributed by atoms with van der Waals surface area (Å²) in [6.45, 7) is 5.38. The van der Waals surface area contributed by atoms with Gasteiger partial charge in [0.2, 0.25) is 5.91 Å². The zero-order valence-corrected chi connectivity index (χ0v) is 22.6. The van der Waals surface area contributed by atoms with Gasteiger partial charge in [-0.05, 0) is 36.8 Å². The second kappa shape index (κ2) is 12.4. The summed E-state index contributed by atoms with van der Waals surface area (Å²) in [5.41, 5.74) is 23.3. The van der Waals surface area contributed by atoms with E-state index in [1.807, 2.05) is 13.0 Å². The summed E-state index contributed by atoms with van der Waals surface area (Å²) >= 11 is 12.8. The molecule has 2 aromatic carbocycles. The molecular weight excluding hydrogens is 541 g/mol. The van der Waals surface area contributed by atoms with Gasteiger partial charge in [0.05, 0.1) is 32.7 Å². The summed E-state index contributed by atoms with van der Waals surface area (Å²) in [6.07, 6.45) is 1.19. The van der Waals surface area contributed by atoms with E-state index < -0.39 is 17.5 Å². The topological polar surface area (TPSA) is 204 Å². The molecule has 0 fully saturated rings. The molecule has 0 saturated heterocycles. The van der Waals surface area contributed by atoms with E-state index in [2.05, 4.69) is 16.9 Å². The number of aromatic nitrogens is 2. The lowest BCUT2D eigenvalue weighted by molar-refractivity contribution is 0.1000. The summed E-state index contributed by atoms with van der Waals surface area (Å²) in [5, 5.41) is 13.3. The van der Waals surface area contributed by atoms with Crippen molar-refractivity contribution in [2.75, 3.05) is 6.54 Å². The van der Waals surface area contributed by atoms with Crippen LogP contribution in [0, 0.1) is 11.3 Å². The predicted molar refractivity (Wildman–Crippen MR) is 153 cm³/mol. The van der Waals surface area contributed by atoms with Crippen LogP contribution in [0.3, 0.4) is 0 Å². The van der Waals surface area contributed by atoms with Gasteiger partial charge in [-0.15, -0.1) is 0 Å². The molecule has 0 aliphatic carbocycles. The molecule has 39 heavy (non-hydrogen) atoms. The Kier molecular flexibility index (Phi) is 9.32. The van der Waals surface area contributed by atoms with Crippen molar-refractivity contribution in [1.82, 2.24) is 14.9 Å². The lowest BCUT2D eigenvalue weighted by Crippen LogP contribution is -2.34. The quantitative estimate of drug-likeness (QED) is 0.139. The minimum absolute atomic E-state index is 0.0145. The highest BCUT2D eigenvalue weighted by atomic mass is 35.5. The average Bonchev–Trinajstić information content (AvgIpc) is 2.88. The number of amides is 1. The lowest BCUT2D eigenvalue weighted by Gasteiger charge is -2.23. The summed E-state index contributed by atoms with van der Waals surface area (Å²) in [5.74, 6) is -0.640. The Labute approximate surface area is 234 Å². The third-order valence-corrected chi connectivity index (χ3v) is 6.34. The van der Waals surface area contributed by atoms with Crippen LogP contribution in [-0.4, -0.2) is 27.8 Å². The van der Waals surface area contributed by atoms with Crippen molar-refractivity contribution in [1.29, 1.82) is 5.26 Å².